The summed E-state index contributed by atoms with van der Waals surface area (Å²) in [6.07, 6.45) is -1.16. The lowest BCUT2D eigenvalue weighted by atomic mass is 9.67. The van der Waals surface area contributed by atoms with Gasteiger partial charge in [0.1, 0.15) is 11.2 Å². The third-order valence-corrected chi connectivity index (χ3v) is 7.62. The molecule has 0 aromatic carbocycles. The first-order chi connectivity index (χ1) is 21.3. The van der Waals surface area contributed by atoms with Crippen molar-refractivity contribution in [2.45, 2.75) is 80.4 Å². The zero-order chi connectivity index (χ0) is 35.3. The van der Waals surface area contributed by atoms with Crippen molar-refractivity contribution in [1.82, 2.24) is 10.6 Å². The van der Waals surface area contributed by atoms with Gasteiger partial charge >= 0.3 is 24.1 Å². The quantitative estimate of drug-likeness (QED) is 0.229. The molecule has 2 unspecified atom stereocenters. The molecule has 2 saturated heterocycles. The van der Waals surface area contributed by atoms with Crippen LogP contribution in [0.15, 0.2) is 0 Å². The van der Waals surface area contributed by atoms with Gasteiger partial charge in [0.2, 0.25) is 0 Å². The second-order valence-corrected chi connectivity index (χ2v) is 13.4. The molecule has 0 bridgehead atoms. The van der Waals surface area contributed by atoms with E-state index in [1.807, 2.05) is 0 Å². The summed E-state index contributed by atoms with van der Waals surface area (Å²) < 4.78 is 30.8. The number of carbonyl (C=O) groups is 4. The Morgan fingerprint density at radius 3 is 1.20 bits per heavy atom. The van der Waals surface area contributed by atoms with E-state index >= 15 is 0 Å². The van der Waals surface area contributed by atoms with E-state index in [0.29, 0.717) is 26.4 Å². The van der Waals surface area contributed by atoms with Gasteiger partial charge in [-0.05, 0) is 55.4 Å². The van der Waals surface area contributed by atoms with Crippen LogP contribution in [-0.4, -0.2) is 88.1 Å². The van der Waals surface area contributed by atoms with E-state index in [4.69, 9.17) is 28.4 Å². The maximum absolute atomic E-state index is 12.4. The molecule has 0 saturated carbocycles. The van der Waals surface area contributed by atoms with E-state index in [0.717, 1.165) is 0 Å². The van der Waals surface area contributed by atoms with Crippen molar-refractivity contribution in [3.63, 3.8) is 0 Å². The van der Waals surface area contributed by atoms with Crippen LogP contribution in [0.4, 0.5) is 9.59 Å². The topological polar surface area (TPSA) is 195 Å². The Bertz CT molecular complexity index is 1040. The lowest BCUT2D eigenvalue weighted by Gasteiger charge is -2.41. The summed E-state index contributed by atoms with van der Waals surface area (Å²) in [6, 6.07) is 4.25. The van der Waals surface area contributed by atoms with Crippen LogP contribution in [0, 0.1) is 57.2 Å². The predicted molar refractivity (Wildman–Crippen MR) is 165 cm³/mol. The molecule has 2 amide bonds. The first-order valence-electron chi connectivity index (χ1n) is 15.6. The Kier molecular flexibility index (Phi) is 15.2. The highest BCUT2D eigenvalue weighted by Gasteiger charge is 2.55. The van der Waals surface area contributed by atoms with Crippen LogP contribution < -0.4 is 10.6 Å². The summed E-state index contributed by atoms with van der Waals surface area (Å²) in [4.78, 5) is 48.3. The van der Waals surface area contributed by atoms with E-state index in [9.17, 15) is 29.7 Å². The fraction of sp³-hybridized carbons (Fsp3) is 0.812. The van der Waals surface area contributed by atoms with E-state index in [1.54, 1.807) is 69.2 Å². The molecule has 0 spiro atoms. The SMILES string of the molecule is CCOC(=O)C(C#N)(C1COC1)[C@H](C)CNC(=O)OC(C)(C)C.CCOC(=O)C(C#N)(C1COC1)[C@H](C)CNC(=O)OC(C)(C)C. The van der Waals surface area contributed by atoms with Gasteiger partial charge < -0.3 is 39.1 Å². The van der Waals surface area contributed by atoms with Gasteiger partial charge in [0, 0.05) is 36.8 Å². The molecular formula is C32H52N4O10. The fourth-order valence-corrected chi connectivity index (χ4v) is 4.96. The molecule has 2 heterocycles. The molecule has 0 aromatic heterocycles. The summed E-state index contributed by atoms with van der Waals surface area (Å²) in [6.45, 7) is 19.5. The number of hydrogen-bond donors (Lipinski definition) is 2. The molecular weight excluding hydrogens is 600 g/mol. The van der Waals surface area contributed by atoms with Crippen LogP contribution in [0.2, 0.25) is 0 Å². The van der Waals surface area contributed by atoms with Crippen LogP contribution in [-0.2, 0) is 38.0 Å². The van der Waals surface area contributed by atoms with Crippen LogP contribution in [0.3, 0.4) is 0 Å². The molecule has 4 atom stereocenters. The maximum atomic E-state index is 12.4. The van der Waals surface area contributed by atoms with Gasteiger partial charge in [-0.15, -0.1) is 0 Å². The lowest BCUT2D eigenvalue weighted by molar-refractivity contribution is -0.172. The molecule has 2 aliphatic rings. The Balaban J connectivity index is 0.000000460. The molecule has 14 nitrogen and oxygen atoms in total. The van der Waals surface area contributed by atoms with Crippen molar-refractivity contribution in [2.75, 3.05) is 52.7 Å². The van der Waals surface area contributed by atoms with E-state index in [-0.39, 0.29) is 38.1 Å². The minimum absolute atomic E-state index is 0.137. The Morgan fingerprint density at radius 1 is 0.696 bits per heavy atom. The summed E-state index contributed by atoms with van der Waals surface area (Å²) in [5.41, 5.74) is -3.88. The van der Waals surface area contributed by atoms with Gasteiger partial charge in [-0.3, -0.25) is 9.59 Å². The molecule has 0 radical (unpaired) electrons. The Morgan fingerprint density at radius 2 is 1.00 bits per heavy atom. The number of nitrogens with one attached hydrogen (secondary N) is 2. The highest BCUT2D eigenvalue weighted by Crippen LogP contribution is 2.42. The van der Waals surface area contributed by atoms with Crippen molar-refractivity contribution in [3.05, 3.63) is 0 Å². The number of amides is 2. The monoisotopic (exact) mass is 652 g/mol. The maximum Gasteiger partial charge on any atom is 0.407 e. The zero-order valence-electron chi connectivity index (χ0n) is 28.9. The van der Waals surface area contributed by atoms with E-state index in [1.165, 1.54) is 0 Å². The minimum atomic E-state index is -1.33. The van der Waals surface area contributed by atoms with Crippen LogP contribution >= 0.6 is 0 Å². The first kappa shape index (κ1) is 40.4. The molecule has 14 heteroatoms. The third kappa shape index (κ3) is 10.7. The third-order valence-electron chi connectivity index (χ3n) is 7.62. The van der Waals surface area contributed by atoms with Crippen molar-refractivity contribution in [3.8, 4) is 12.1 Å². The number of esters is 2. The number of carbonyl (C=O) groups excluding carboxylic acids is 4. The van der Waals surface area contributed by atoms with E-state index in [2.05, 4.69) is 22.8 Å². The fourth-order valence-electron chi connectivity index (χ4n) is 4.96. The van der Waals surface area contributed by atoms with Crippen molar-refractivity contribution in [2.24, 2.45) is 34.5 Å². The molecule has 260 valence electrons. The zero-order valence-corrected chi connectivity index (χ0v) is 28.9. The van der Waals surface area contributed by atoms with E-state index < -0.39 is 58.0 Å². The van der Waals surface area contributed by atoms with Gasteiger partial charge in [-0.2, -0.15) is 10.5 Å². The lowest BCUT2D eigenvalue weighted by Crippen LogP contribution is -2.54. The van der Waals surface area contributed by atoms with Crippen LogP contribution in [0.25, 0.3) is 0 Å². The highest BCUT2D eigenvalue weighted by molar-refractivity contribution is 5.82. The highest BCUT2D eigenvalue weighted by atomic mass is 16.6. The number of hydrogen-bond acceptors (Lipinski definition) is 12. The number of ether oxygens (including phenoxy) is 6. The summed E-state index contributed by atoms with van der Waals surface area (Å²) in [5.74, 6) is -2.46. The van der Waals surface area contributed by atoms with Crippen molar-refractivity contribution < 1.29 is 47.6 Å². The largest absolute Gasteiger partial charge is 0.465 e. The number of nitrogens with zero attached hydrogens (tertiary/aromatic N) is 2. The van der Waals surface area contributed by atoms with Gasteiger partial charge in [0.05, 0.1) is 51.8 Å². The van der Waals surface area contributed by atoms with Crippen molar-refractivity contribution >= 4 is 24.1 Å². The number of nitriles is 2. The average molecular weight is 653 g/mol. The normalized spacial score (nSPS) is 18.8. The molecule has 0 aromatic rings. The molecule has 2 fully saturated rings. The summed E-state index contributed by atoms with van der Waals surface area (Å²) in [7, 11) is 0. The Hall–Kier alpha value is -3.62. The molecule has 0 aliphatic carbocycles. The summed E-state index contributed by atoms with van der Waals surface area (Å²) in [5, 5.41) is 24.6. The first-order valence-corrected chi connectivity index (χ1v) is 15.6. The van der Waals surface area contributed by atoms with Crippen molar-refractivity contribution in [1.29, 1.82) is 10.5 Å². The standard InChI is InChI=1S/2C16H26N2O5/c2*1-6-22-13(19)16(10-17,12-8-21-9-12)11(2)7-18-14(20)23-15(3,4)5/h2*11-12H,6-9H2,1-5H3,(H,18,20)/t2*11-,16?/m11/s1. The number of alkyl carbamates (subject to hydrolysis) is 2. The molecule has 2 aliphatic heterocycles. The second-order valence-electron chi connectivity index (χ2n) is 13.4. The molecule has 2 N–H and O–H groups in total. The summed E-state index contributed by atoms with van der Waals surface area (Å²) >= 11 is 0. The van der Waals surface area contributed by atoms with Crippen LogP contribution in [0.1, 0.15) is 69.2 Å². The molecule has 46 heavy (non-hydrogen) atoms. The van der Waals surface area contributed by atoms with Gasteiger partial charge in [-0.25, -0.2) is 9.59 Å². The van der Waals surface area contributed by atoms with Gasteiger partial charge in [0.25, 0.3) is 0 Å². The Labute approximate surface area is 272 Å². The second kappa shape index (κ2) is 17.3. The average Bonchev–Trinajstić information content (AvgIpc) is 2.88. The molecule has 2 rings (SSSR count). The number of rotatable bonds is 12. The van der Waals surface area contributed by atoms with Gasteiger partial charge in [0.15, 0.2) is 10.8 Å². The minimum Gasteiger partial charge on any atom is -0.465 e. The van der Waals surface area contributed by atoms with Gasteiger partial charge in [-0.1, -0.05) is 13.8 Å². The smallest absolute Gasteiger partial charge is 0.407 e. The predicted octanol–water partition coefficient (Wildman–Crippen LogP) is 3.73. The van der Waals surface area contributed by atoms with Crippen LogP contribution in [0.5, 0.6) is 0 Å².